The third-order valence-corrected chi connectivity index (χ3v) is 4.56. The maximum atomic E-state index is 12.5. The maximum absolute atomic E-state index is 12.5. The first-order valence-corrected chi connectivity index (χ1v) is 7.24. The molecule has 1 aliphatic carbocycles. The van der Waals surface area contributed by atoms with Gasteiger partial charge in [-0.05, 0) is 23.3 Å². The smallest absolute Gasteiger partial charge is 0.343 e. The molecular weight excluding hydrogens is 280 g/mol. The first-order chi connectivity index (χ1) is 10.7. The summed E-state index contributed by atoms with van der Waals surface area (Å²) >= 11 is 0. The molecule has 1 unspecified atom stereocenters. The highest BCUT2D eigenvalue weighted by molar-refractivity contribution is 5.96. The number of benzene rings is 2. The average molecular weight is 296 g/mol. The van der Waals surface area contributed by atoms with E-state index in [2.05, 4.69) is 6.07 Å². The molecule has 0 saturated heterocycles. The van der Waals surface area contributed by atoms with Crippen LogP contribution < -0.4 is 9.47 Å². The van der Waals surface area contributed by atoms with Crippen LogP contribution in [-0.4, -0.2) is 20.2 Å². The maximum Gasteiger partial charge on any atom is 0.343 e. The summed E-state index contributed by atoms with van der Waals surface area (Å²) in [6, 6.07) is 11.6. The minimum Gasteiger partial charge on any atom is -0.496 e. The van der Waals surface area contributed by atoms with Gasteiger partial charge in [0, 0.05) is 18.4 Å². The van der Waals surface area contributed by atoms with Gasteiger partial charge in [0.1, 0.15) is 22.7 Å². The van der Waals surface area contributed by atoms with Gasteiger partial charge in [-0.2, -0.15) is 0 Å². The van der Waals surface area contributed by atoms with E-state index in [4.69, 9.17) is 14.2 Å². The first-order valence-electron chi connectivity index (χ1n) is 7.24. The molecule has 1 aliphatic heterocycles. The van der Waals surface area contributed by atoms with Crippen LogP contribution in [0.2, 0.25) is 0 Å². The molecule has 2 aliphatic rings. The number of methoxy groups -OCH3 is 2. The van der Waals surface area contributed by atoms with Gasteiger partial charge in [-0.15, -0.1) is 0 Å². The second-order valence-corrected chi connectivity index (χ2v) is 5.73. The van der Waals surface area contributed by atoms with Crippen LogP contribution in [0.5, 0.6) is 11.5 Å². The van der Waals surface area contributed by atoms with Gasteiger partial charge in [0.05, 0.1) is 14.2 Å². The van der Waals surface area contributed by atoms with Crippen molar-refractivity contribution in [3.8, 4) is 11.5 Å². The fourth-order valence-electron chi connectivity index (χ4n) is 3.64. The summed E-state index contributed by atoms with van der Waals surface area (Å²) in [6.07, 6.45) is 1.38. The van der Waals surface area contributed by atoms with Gasteiger partial charge < -0.3 is 14.2 Å². The highest BCUT2D eigenvalue weighted by Crippen LogP contribution is 2.52. The van der Waals surface area contributed by atoms with E-state index >= 15 is 0 Å². The second-order valence-electron chi connectivity index (χ2n) is 5.73. The molecule has 1 spiro atoms. The van der Waals surface area contributed by atoms with E-state index in [1.54, 1.807) is 20.3 Å². The van der Waals surface area contributed by atoms with Crippen molar-refractivity contribution in [3.05, 3.63) is 58.7 Å². The molecule has 4 nitrogen and oxygen atoms in total. The third-order valence-electron chi connectivity index (χ3n) is 4.56. The van der Waals surface area contributed by atoms with E-state index in [9.17, 15) is 4.79 Å². The number of fused-ring (bicyclic) bond motifs is 3. The summed E-state index contributed by atoms with van der Waals surface area (Å²) < 4.78 is 16.6. The zero-order valence-corrected chi connectivity index (χ0v) is 12.5. The molecule has 1 atom stereocenters. The Balaban J connectivity index is 1.83. The molecule has 112 valence electrons. The minimum atomic E-state index is -0.599. The Morgan fingerprint density at radius 2 is 1.59 bits per heavy atom. The molecule has 22 heavy (non-hydrogen) atoms. The highest BCUT2D eigenvalue weighted by atomic mass is 16.6. The van der Waals surface area contributed by atoms with E-state index < -0.39 is 5.60 Å². The van der Waals surface area contributed by atoms with Gasteiger partial charge in [0.25, 0.3) is 0 Å². The number of hydrogen-bond donors (Lipinski definition) is 0. The molecule has 1 heterocycles. The largest absolute Gasteiger partial charge is 0.496 e. The van der Waals surface area contributed by atoms with Crippen LogP contribution in [-0.2, 0) is 23.2 Å². The van der Waals surface area contributed by atoms with Crippen molar-refractivity contribution < 1.29 is 19.0 Å². The Hall–Kier alpha value is -2.49. The number of rotatable bonds is 2. The lowest BCUT2D eigenvalue weighted by atomic mass is 9.68. The number of ether oxygens (including phenoxy) is 3. The lowest BCUT2D eigenvalue weighted by Gasteiger charge is -2.46. The zero-order valence-electron chi connectivity index (χ0n) is 12.5. The SMILES string of the molecule is COc1cccc2c1C(=O)OC1(C2)Cc2cccc(OC)c21. The summed E-state index contributed by atoms with van der Waals surface area (Å²) in [5, 5.41) is 0. The molecule has 2 aromatic rings. The highest BCUT2D eigenvalue weighted by Gasteiger charge is 2.52. The van der Waals surface area contributed by atoms with Gasteiger partial charge >= 0.3 is 5.97 Å². The molecule has 2 aromatic carbocycles. The third kappa shape index (κ3) is 1.61. The van der Waals surface area contributed by atoms with Crippen molar-refractivity contribution in [1.82, 2.24) is 0 Å². The van der Waals surface area contributed by atoms with E-state index in [-0.39, 0.29) is 5.97 Å². The summed E-state index contributed by atoms with van der Waals surface area (Å²) in [7, 11) is 3.21. The Bertz CT molecular complexity index is 781. The van der Waals surface area contributed by atoms with Crippen LogP contribution in [0.1, 0.15) is 27.0 Å². The van der Waals surface area contributed by atoms with Gasteiger partial charge in [-0.1, -0.05) is 24.3 Å². The molecule has 4 rings (SSSR count). The summed E-state index contributed by atoms with van der Waals surface area (Å²) in [6.45, 7) is 0. The van der Waals surface area contributed by atoms with Gasteiger partial charge in [0.15, 0.2) is 0 Å². The number of hydrogen-bond acceptors (Lipinski definition) is 4. The van der Waals surface area contributed by atoms with Crippen LogP contribution >= 0.6 is 0 Å². The number of esters is 1. The van der Waals surface area contributed by atoms with Crippen LogP contribution in [0.3, 0.4) is 0 Å². The normalized spacial score (nSPS) is 21.5. The molecule has 0 aromatic heterocycles. The number of carbonyl (C=O) groups is 1. The Kier molecular flexibility index (Phi) is 2.70. The van der Waals surface area contributed by atoms with Crippen molar-refractivity contribution in [1.29, 1.82) is 0 Å². The quantitative estimate of drug-likeness (QED) is 0.799. The zero-order chi connectivity index (χ0) is 15.3. The summed E-state index contributed by atoms with van der Waals surface area (Å²) in [5.74, 6) is 1.02. The van der Waals surface area contributed by atoms with Crippen molar-refractivity contribution in [2.75, 3.05) is 14.2 Å². The minimum absolute atomic E-state index is 0.324. The monoisotopic (exact) mass is 296 g/mol. The molecule has 4 heteroatoms. The van der Waals surface area contributed by atoms with Crippen molar-refractivity contribution >= 4 is 5.97 Å². The van der Waals surface area contributed by atoms with Crippen LogP contribution in [0.15, 0.2) is 36.4 Å². The number of carbonyl (C=O) groups excluding carboxylic acids is 1. The molecule has 0 N–H and O–H groups in total. The summed E-state index contributed by atoms with van der Waals surface area (Å²) in [4.78, 5) is 12.5. The van der Waals surface area contributed by atoms with Gasteiger partial charge in [-0.3, -0.25) is 0 Å². The van der Waals surface area contributed by atoms with Crippen molar-refractivity contribution in [3.63, 3.8) is 0 Å². The van der Waals surface area contributed by atoms with Crippen LogP contribution in [0, 0.1) is 0 Å². The molecular formula is C18H16O4. The molecule has 0 radical (unpaired) electrons. The molecule has 0 fully saturated rings. The first kappa shape index (κ1) is 13.2. The van der Waals surface area contributed by atoms with Gasteiger partial charge in [-0.25, -0.2) is 4.79 Å². The lowest BCUT2D eigenvalue weighted by molar-refractivity contribution is -0.0428. The lowest BCUT2D eigenvalue weighted by Crippen LogP contribution is -2.48. The van der Waals surface area contributed by atoms with Gasteiger partial charge in [0.2, 0.25) is 0 Å². The fourth-order valence-corrected chi connectivity index (χ4v) is 3.64. The average Bonchev–Trinajstić information content (AvgIpc) is 2.52. The second kappa shape index (κ2) is 4.50. The predicted molar refractivity (Wildman–Crippen MR) is 80.5 cm³/mol. The summed E-state index contributed by atoms with van der Waals surface area (Å²) in [5.41, 5.74) is 3.09. The van der Waals surface area contributed by atoms with Crippen molar-refractivity contribution in [2.24, 2.45) is 0 Å². The fraction of sp³-hybridized carbons (Fsp3) is 0.278. The molecule has 0 saturated carbocycles. The van der Waals surface area contributed by atoms with Crippen molar-refractivity contribution in [2.45, 2.75) is 18.4 Å². The topological polar surface area (TPSA) is 44.8 Å². The van der Waals surface area contributed by atoms with Crippen LogP contribution in [0.4, 0.5) is 0 Å². The van der Waals surface area contributed by atoms with E-state index in [0.29, 0.717) is 17.7 Å². The molecule has 0 bridgehead atoms. The Labute approximate surface area is 128 Å². The Morgan fingerprint density at radius 3 is 2.32 bits per heavy atom. The molecule has 0 amide bonds. The van der Waals surface area contributed by atoms with E-state index in [1.165, 1.54) is 5.56 Å². The Morgan fingerprint density at radius 1 is 0.955 bits per heavy atom. The standard InChI is InChI=1S/C18H16O4/c1-20-13-7-3-5-11-9-18(22-17(19)15(11)13)10-12-6-4-8-14(21-2)16(12)18/h3-8H,9-10H2,1-2H3. The predicted octanol–water partition coefficient (Wildman–Crippen LogP) is 2.87. The van der Waals surface area contributed by atoms with E-state index in [0.717, 1.165) is 23.3 Å². The van der Waals surface area contributed by atoms with Crippen LogP contribution in [0.25, 0.3) is 0 Å². The van der Waals surface area contributed by atoms with E-state index in [1.807, 2.05) is 24.3 Å².